The van der Waals surface area contributed by atoms with Crippen molar-refractivity contribution in [3.63, 3.8) is 0 Å². The van der Waals surface area contributed by atoms with Gasteiger partial charge < -0.3 is 15.6 Å². The number of sulfonamides is 1. The molecule has 1 fully saturated rings. The van der Waals surface area contributed by atoms with Gasteiger partial charge in [-0.2, -0.15) is 4.31 Å². The first-order valence-corrected chi connectivity index (χ1v) is 8.04. The van der Waals surface area contributed by atoms with Crippen molar-refractivity contribution >= 4 is 10.0 Å². The van der Waals surface area contributed by atoms with Crippen LogP contribution in [0.3, 0.4) is 0 Å². The lowest BCUT2D eigenvalue weighted by molar-refractivity contribution is 0.310. The predicted octanol–water partition coefficient (Wildman–Crippen LogP) is 0.190. The summed E-state index contributed by atoms with van der Waals surface area (Å²) in [6, 6.07) is 1.60. The zero-order valence-electron chi connectivity index (χ0n) is 11.3. The van der Waals surface area contributed by atoms with E-state index in [1.165, 1.54) is 23.3 Å². The number of nitrogens with one attached hydrogen (secondary N) is 1. The Morgan fingerprint density at radius 2 is 2.11 bits per heavy atom. The van der Waals surface area contributed by atoms with Crippen LogP contribution < -0.4 is 5.73 Å². The van der Waals surface area contributed by atoms with Crippen LogP contribution in [0.15, 0.2) is 17.2 Å². The summed E-state index contributed by atoms with van der Waals surface area (Å²) in [4.78, 5) is 5.46. The summed E-state index contributed by atoms with van der Waals surface area (Å²) in [6.45, 7) is 3.78. The molecule has 0 unspecified atom stereocenters. The summed E-state index contributed by atoms with van der Waals surface area (Å²) in [5.41, 5.74) is 6.21. The van der Waals surface area contributed by atoms with Crippen molar-refractivity contribution in [1.82, 2.24) is 14.2 Å². The standard InChI is InChI=1S/C12H22N4O2S/c1-15(6-7-16-4-2-3-5-16)19(17,18)12-8-11(9-13)14-10-12/h8,10,14H,2-7,9,13H2,1H3. The first-order valence-electron chi connectivity index (χ1n) is 6.60. The lowest BCUT2D eigenvalue weighted by Crippen LogP contribution is -2.35. The van der Waals surface area contributed by atoms with E-state index in [-0.39, 0.29) is 4.90 Å². The molecule has 0 aliphatic carbocycles. The Balaban J connectivity index is 1.97. The Kier molecular flexibility index (Phi) is 4.62. The van der Waals surface area contributed by atoms with Gasteiger partial charge in [0, 0.05) is 38.6 Å². The lowest BCUT2D eigenvalue weighted by Gasteiger charge is -2.20. The van der Waals surface area contributed by atoms with Gasteiger partial charge in [0.25, 0.3) is 0 Å². The molecule has 1 aliphatic heterocycles. The molecule has 0 bridgehead atoms. The maximum absolute atomic E-state index is 12.3. The molecule has 0 saturated carbocycles. The molecular weight excluding hydrogens is 264 g/mol. The van der Waals surface area contributed by atoms with Gasteiger partial charge in [0.1, 0.15) is 0 Å². The molecule has 0 amide bonds. The Morgan fingerprint density at radius 1 is 1.42 bits per heavy atom. The minimum Gasteiger partial charge on any atom is -0.363 e. The van der Waals surface area contributed by atoms with Gasteiger partial charge in [-0.25, -0.2) is 8.42 Å². The summed E-state index contributed by atoms with van der Waals surface area (Å²) in [6.07, 6.45) is 3.94. The molecule has 0 spiro atoms. The van der Waals surface area contributed by atoms with Crippen molar-refractivity contribution in [2.45, 2.75) is 24.3 Å². The van der Waals surface area contributed by atoms with Gasteiger partial charge in [-0.3, -0.25) is 0 Å². The number of nitrogens with zero attached hydrogens (tertiary/aromatic N) is 2. The van der Waals surface area contributed by atoms with Gasteiger partial charge in [-0.1, -0.05) is 0 Å². The van der Waals surface area contributed by atoms with Crippen molar-refractivity contribution in [2.75, 3.05) is 33.2 Å². The number of aromatic amines is 1. The fourth-order valence-electron chi connectivity index (χ4n) is 2.27. The third-order valence-electron chi connectivity index (χ3n) is 3.57. The SMILES string of the molecule is CN(CCN1CCCC1)S(=O)(=O)c1c[nH]c(CN)c1. The van der Waals surface area contributed by atoms with Crippen LogP contribution in [0.1, 0.15) is 18.5 Å². The molecule has 1 aromatic rings. The minimum atomic E-state index is -3.40. The highest BCUT2D eigenvalue weighted by atomic mass is 32.2. The minimum absolute atomic E-state index is 0.289. The van der Waals surface area contributed by atoms with Crippen LogP contribution in [0.25, 0.3) is 0 Å². The fourth-order valence-corrected chi connectivity index (χ4v) is 3.46. The molecular formula is C12H22N4O2S. The van der Waals surface area contributed by atoms with E-state index >= 15 is 0 Å². The number of rotatable bonds is 6. The molecule has 2 rings (SSSR count). The number of nitrogens with two attached hydrogens (primary N) is 1. The molecule has 7 heteroatoms. The number of hydrogen-bond donors (Lipinski definition) is 2. The number of likely N-dealkylation sites (N-methyl/N-ethyl adjacent to an activating group) is 1. The Morgan fingerprint density at radius 3 is 2.68 bits per heavy atom. The van der Waals surface area contributed by atoms with Crippen LogP contribution >= 0.6 is 0 Å². The second-order valence-corrected chi connectivity index (χ2v) is 6.98. The first kappa shape index (κ1) is 14.5. The van der Waals surface area contributed by atoms with Crippen LogP contribution in [0, 0.1) is 0 Å². The summed E-state index contributed by atoms with van der Waals surface area (Å²) >= 11 is 0. The summed E-state index contributed by atoms with van der Waals surface area (Å²) in [5, 5.41) is 0. The van der Waals surface area contributed by atoms with Gasteiger partial charge in [0.05, 0.1) is 4.90 Å². The van der Waals surface area contributed by atoms with E-state index in [4.69, 9.17) is 5.73 Å². The molecule has 1 aromatic heterocycles. The molecule has 108 valence electrons. The van der Waals surface area contributed by atoms with Gasteiger partial charge in [-0.05, 0) is 32.0 Å². The molecule has 0 radical (unpaired) electrons. The zero-order valence-corrected chi connectivity index (χ0v) is 12.1. The van der Waals surface area contributed by atoms with E-state index < -0.39 is 10.0 Å². The van der Waals surface area contributed by atoms with Crippen LogP contribution in [0.2, 0.25) is 0 Å². The Hall–Kier alpha value is -0.890. The van der Waals surface area contributed by atoms with Gasteiger partial charge in [0.2, 0.25) is 10.0 Å². The molecule has 19 heavy (non-hydrogen) atoms. The van der Waals surface area contributed by atoms with Gasteiger partial charge in [0.15, 0.2) is 0 Å². The second-order valence-electron chi connectivity index (χ2n) is 4.94. The summed E-state index contributed by atoms with van der Waals surface area (Å²) < 4.78 is 26.0. The maximum Gasteiger partial charge on any atom is 0.244 e. The van der Waals surface area contributed by atoms with E-state index in [0.717, 1.165) is 25.3 Å². The third kappa shape index (κ3) is 3.36. The van der Waals surface area contributed by atoms with E-state index in [0.29, 0.717) is 13.1 Å². The van der Waals surface area contributed by atoms with Crippen molar-refractivity contribution < 1.29 is 8.42 Å². The highest BCUT2D eigenvalue weighted by molar-refractivity contribution is 7.89. The second kappa shape index (κ2) is 6.04. The van der Waals surface area contributed by atoms with E-state index in [2.05, 4.69) is 9.88 Å². The molecule has 0 aromatic carbocycles. The summed E-state index contributed by atoms with van der Waals surface area (Å²) in [5.74, 6) is 0. The molecule has 1 aliphatic rings. The maximum atomic E-state index is 12.3. The van der Waals surface area contributed by atoms with E-state index in [9.17, 15) is 8.42 Å². The van der Waals surface area contributed by atoms with E-state index in [1.54, 1.807) is 13.1 Å². The van der Waals surface area contributed by atoms with Crippen molar-refractivity contribution in [3.05, 3.63) is 18.0 Å². The smallest absolute Gasteiger partial charge is 0.244 e. The highest BCUT2D eigenvalue weighted by Gasteiger charge is 2.23. The summed E-state index contributed by atoms with van der Waals surface area (Å²) in [7, 11) is -1.77. The molecule has 3 N–H and O–H groups in total. The zero-order chi connectivity index (χ0) is 13.9. The Bertz CT molecular complexity index is 506. The number of hydrogen-bond acceptors (Lipinski definition) is 4. The molecule has 1 saturated heterocycles. The number of H-pyrrole nitrogens is 1. The van der Waals surface area contributed by atoms with Gasteiger partial charge in [-0.15, -0.1) is 0 Å². The quantitative estimate of drug-likeness (QED) is 0.782. The highest BCUT2D eigenvalue weighted by Crippen LogP contribution is 2.15. The monoisotopic (exact) mass is 286 g/mol. The van der Waals surface area contributed by atoms with Crippen LogP contribution in [-0.4, -0.2) is 55.8 Å². The topological polar surface area (TPSA) is 82.4 Å². The Labute approximate surface area is 114 Å². The average molecular weight is 286 g/mol. The van der Waals surface area contributed by atoms with Crippen LogP contribution in [0.4, 0.5) is 0 Å². The van der Waals surface area contributed by atoms with Crippen molar-refractivity contribution in [2.24, 2.45) is 5.73 Å². The average Bonchev–Trinajstić information content (AvgIpc) is 3.06. The fraction of sp³-hybridized carbons (Fsp3) is 0.667. The van der Waals surface area contributed by atoms with Crippen LogP contribution in [-0.2, 0) is 16.6 Å². The van der Waals surface area contributed by atoms with Gasteiger partial charge >= 0.3 is 0 Å². The normalized spacial score (nSPS) is 17.4. The molecule has 6 nitrogen and oxygen atoms in total. The largest absolute Gasteiger partial charge is 0.363 e. The van der Waals surface area contributed by atoms with E-state index in [1.807, 2.05) is 0 Å². The van der Waals surface area contributed by atoms with Crippen molar-refractivity contribution in [3.8, 4) is 0 Å². The number of aromatic nitrogens is 1. The van der Waals surface area contributed by atoms with Crippen LogP contribution in [0.5, 0.6) is 0 Å². The lowest BCUT2D eigenvalue weighted by atomic mass is 10.4. The first-order chi connectivity index (χ1) is 9.04. The molecule has 0 atom stereocenters. The third-order valence-corrected chi connectivity index (χ3v) is 5.41. The number of likely N-dealkylation sites (tertiary alicyclic amines) is 1. The molecule has 2 heterocycles. The predicted molar refractivity (Wildman–Crippen MR) is 74.2 cm³/mol. The van der Waals surface area contributed by atoms with Crippen molar-refractivity contribution in [1.29, 1.82) is 0 Å².